The molecule has 1 saturated heterocycles. The van der Waals surface area contributed by atoms with Gasteiger partial charge in [0.25, 0.3) is 5.91 Å². The van der Waals surface area contributed by atoms with E-state index in [2.05, 4.69) is 22.2 Å². The summed E-state index contributed by atoms with van der Waals surface area (Å²) in [6, 6.07) is 6.24. The number of piperidine rings is 1. The summed E-state index contributed by atoms with van der Waals surface area (Å²) in [5.41, 5.74) is 0.606. The third-order valence-corrected chi connectivity index (χ3v) is 4.94. The van der Waals surface area contributed by atoms with Crippen LogP contribution in [0.1, 0.15) is 41.7 Å². The lowest BCUT2D eigenvalue weighted by Gasteiger charge is -2.32. The van der Waals surface area contributed by atoms with Crippen LogP contribution in [0.3, 0.4) is 0 Å². The number of carbonyl (C=O) groups excluding carboxylic acids is 1. The monoisotopic (exact) mass is 330 g/mol. The third-order valence-electron chi connectivity index (χ3n) is 4.03. The Kier molecular flexibility index (Phi) is 5.23. The Morgan fingerprint density at radius 2 is 2.22 bits per heavy atom. The van der Waals surface area contributed by atoms with Gasteiger partial charge in [0.05, 0.1) is 5.01 Å². The minimum Gasteiger partial charge on any atom is -0.367 e. The fourth-order valence-electron chi connectivity index (χ4n) is 2.78. The van der Waals surface area contributed by atoms with Crippen molar-refractivity contribution in [2.24, 2.45) is 0 Å². The molecule has 2 aromatic heterocycles. The average molecular weight is 330 g/mol. The van der Waals surface area contributed by atoms with Crippen molar-refractivity contribution >= 4 is 23.1 Å². The van der Waals surface area contributed by atoms with Gasteiger partial charge in [0, 0.05) is 30.7 Å². The maximum absolute atomic E-state index is 12.5. The van der Waals surface area contributed by atoms with E-state index in [4.69, 9.17) is 0 Å². The van der Waals surface area contributed by atoms with E-state index in [0.717, 1.165) is 49.6 Å². The SMILES string of the molecule is CCCc1nc(C(=O)N2CCC(Nc3ccccn3)CC2)cs1. The number of hydrogen-bond donors (Lipinski definition) is 1. The van der Waals surface area contributed by atoms with Crippen molar-refractivity contribution in [3.8, 4) is 0 Å². The van der Waals surface area contributed by atoms with Gasteiger partial charge in [0.15, 0.2) is 0 Å². The van der Waals surface area contributed by atoms with E-state index in [1.165, 1.54) is 0 Å². The minimum absolute atomic E-state index is 0.0693. The van der Waals surface area contributed by atoms with Crippen LogP contribution in [0.15, 0.2) is 29.8 Å². The molecule has 0 spiro atoms. The van der Waals surface area contributed by atoms with Gasteiger partial charge in [-0.2, -0.15) is 0 Å². The molecule has 1 aliphatic rings. The molecule has 1 fully saturated rings. The highest BCUT2D eigenvalue weighted by atomic mass is 32.1. The number of pyridine rings is 1. The smallest absolute Gasteiger partial charge is 0.273 e. The Morgan fingerprint density at radius 3 is 2.91 bits per heavy atom. The third kappa shape index (κ3) is 4.07. The molecule has 2 aromatic rings. The van der Waals surface area contributed by atoms with Crippen LogP contribution in [0, 0.1) is 0 Å². The molecule has 23 heavy (non-hydrogen) atoms. The van der Waals surface area contributed by atoms with E-state index in [1.807, 2.05) is 28.5 Å². The summed E-state index contributed by atoms with van der Waals surface area (Å²) in [6.07, 6.45) is 5.68. The summed E-state index contributed by atoms with van der Waals surface area (Å²) in [5, 5.41) is 6.39. The first-order valence-electron chi connectivity index (χ1n) is 8.17. The van der Waals surface area contributed by atoms with Crippen LogP contribution >= 0.6 is 11.3 Å². The first-order valence-corrected chi connectivity index (χ1v) is 9.05. The number of likely N-dealkylation sites (tertiary alicyclic amines) is 1. The van der Waals surface area contributed by atoms with Gasteiger partial charge in [-0.05, 0) is 37.8 Å². The van der Waals surface area contributed by atoms with Crippen molar-refractivity contribution in [2.45, 2.75) is 38.6 Å². The summed E-state index contributed by atoms with van der Waals surface area (Å²) in [5.74, 6) is 0.973. The Bertz CT molecular complexity index is 635. The summed E-state index contributed by atoms with van der Waals surface area (Å²) >= 11 is 1.59. The molecule has 1 aliphatic heterocycles. The predicted molar refractivity (Wildman–Crippen MR) is 92.9 cm³/mol. The molecule has 0 bridgehead atoms. The standard InChI is InChI=1S/C17H22N4OS/c1-2-5-16-20-14(12-23-16)17(22)21-10-7-13(8-11-21)19-15-6-3-4-9-18-15/h3-4,6,9,12-13H,2,5,7-8,10-11H2,1H3,(H,18,19). The zero-order chi connectivity index (χ0) is 16.1. The lowest BCUT2D eigenvalue weighted by molar-refractivity contribution is 0.0713. The first kappa shape index (κ1) is 15.9. The van der Waals surface area contributed by atoms with Gasteiger partial charge in [-0.15, -0.1) is 11.3 Å². The largest absolute Gasteiger partial charge is 0.367 e. The van der Waals surface area contributed by atoms with Gasteiger partial charge in [-0.25, -0.2) is 9.97 Å². The number of carbonyl (C=O) groups is 1. The van der Waals surface area contributed by atoms with Crippen molar-refractivity contribution in [3.63, 3.8) is 0 Å². The molecule has 0 saturated carbocycles. The number of thiazole rings is 1. The Hall–Kier alpha value is -1.95. The molecular formula is C17H22N4OS. The minimum atomic E-state index is 0.0693. The summed E-state index contributed by atoms with van der Waals surface area (Å²) in [6.45, 7) is 3.66. The fourth-order valence-corrected chi connectivity index (χ4v) is 3.66. The van der Waals surface area contributed by atoms with Crippen LogP contribution in [0.4, 0.5) is 5.82 Å². The number of rotatable bonds is 5. The zero-order valence-electron chi connectivity index (χ0n) is 13.4. The van der Waals surface area contributed by atoms with Crippen LogP contribution in [-0.4, -0.2) is 39.9 Å². The van der Waals surface area contributed by atoms with Gasteiger partial charge in [0.2, 0.25) is 0 Å². The number of nitrogens with one attached hydrogen (secondary N) is 1. The van der Waals surface area contributed by atoms with E-state index in [-0.39, 0.29) is 5.91 Å². The molecule has 0 atom stereocenters. The molecule has 3 rings (SSSR count). The zero-order valence-corrected chi connectivity index (χ0v) is 14.2. The van der Waals surface area contributed by atoms with Crippen molar-refractivity contribution in [1.29, 1.82) is 0 Å². The second kappa shape index (κ2) is 7.55. The maximum atomic E-state index is 12.5. The van der Waals surface area contributed by atoms with Crippen LogP contribution in [0.25, 0.3) is 0 Å². The van der Waals surface area contributed by atoms with E-state index in [9.17, 15) is 4.79 Å². The van der Waals surface area contributed by atoms with Crippen molar-refractivity contribution in [2.75, 3.05) is 18.4 Å². The molecule has 1 N–H and O–H groups in total. The molecular weight excluding hydrogens is 308 g/mol. The number of aromatic nitrogens is 2. The van der Waals surface area contributed by atoms with E-state index in [0.29, 0.717) is 11.7 Å². The van der Waals surface area contributed by atoms with E-state index < -0.39 is 0 Å². The summed E-state index contributed by atoms with van der Waals surface area (Å²) in [7, 11) is 0. The van der Waals surface area contributed by atoms with Crippen molar-refractivity contribution < 1.29 is 4.79 Å². The number of nitrogens with zero attached hydrogens (tertiary/aromatic N) is 3. The fraction of sp³-hybridized carbons (Fsp3) is 0.471. The number of hydrogen-bond acceptors (Lipinski definition) is 5. The molecule has 3 heterocycles. The molecule has 6 heteroatoms. The molecule has 1 amide bonds. The molecule has 122 valence electrons. The van der Waals surface area contributed by atoms with Gasteiger partial charge in [-0.3, -0.25) is 4.79 Å². The highest BCUT2D eigenvalue weighted by molar-refractivity contribution is 7.09. The van der Waals surface area contributed by atoms with Crippen molar-refractivity contribution in [1.82, 2.24) is 14.9 Å². The highest BCUT2D eigenvalue weighted by Gasteiger charge is 2.25. The molecule has 5 nitrogen and oxygen atoms in total. The average Bonchev–Trinajstić information content (AvgIpc) is 3.05. The van der Waals surface area contributed by atoms with Crippen molar-refractivity contribution in [3.05, 3.63) is 40.5 Å². The van der Waals surface area contributed by atoms with E-state index >= 15 is 0 Å². The van der Waals surface area contributed by atoms with Gasteiger partial charge >= 0.3 is 0 Å². The topological polar surface area (TPSA) is 58.1 Å². The quantitative estimate of drug-likeness (QED) is 0.914. The second-order valence-electron chi connectivity index (χ2n) is 5.80. The van der Waals surface area contributed by atoms with Crippen LogP contribution in [0.5, 0.6) is 0 Å². The van der Waals surface area contributed by atoms with Crippen LogP contribution < -0.4 is 5.32 Å². The van der Waals surface area contributed by atoms with Gasteiger partial charge in [-0.1, -0.05) is 13.0 Å². The number of amides is 1. The second-order valence-corrected chi connectivity index (χ2v) is 6.74. The lowest BCUT2D eigenvalue weighted by atomic mass is 10.0. The Morgan fingerprint density at radius 1 is 1.39 bits per heavy atom. The van der Waals surface area contributed by atoms with Gasteiger partial charge < -0.3 is 10.2 Å². The highest BCUT2D eigenvalue weighted by Crippen LogP contribution is 2.19. The number of anilines is 1. The Balaban J connectivity index is 1.52. The molecule has 0 unspecified atom stereocenters. The summed E-state index contributed by atoms with van der Waals surface area (Å²) < 4.78 is 0. The molecule has 0 aromatic carbocycles. The number of aryl methyl sites for hydroxylation is 1. The maximum Gasteiger partial charge on any atom is 0.273 e. The predicted octanol–water partition coefficient (Wildman–Crippen LogP) is 3.21. The molecule has 0 aliphatic carbocycles. The molecule has 0 radical (unpaired) electrons. The normalized spacial score (nSPS) is 15.6. The van der Waals surface area contributed by atoms with E-state index in [1.54, 1.807) is 17.5 Å². The van der Waals surface area contributed by atoms with Gasteiger partial charge in [0.1, 0.15) is 11.5 Å². The Labute approximate surface area is 140 Å². The summed E-state index contributed by atoms with van der Waals surface area (Å²) in [4.78, 5) is 23.2. The first-order chi connectivity index (χ1) is 11.3. The van der Waals surface area contributed by atoms with Crippen LogP contribution in [-0.2, 0) is 6.42 Å². The van der Waals surface area contributed by atoms with Crippen LogP contribution in [0.2, 0.25) is 0 Å². The lowest BCUT2D eigenvalue weighted by Crippen LogP contribution is -2.42.